The van der Waals surface area contributed by atoms with Crippen LogP contribution in [0.15, 0.2) is 28.8 Å². The number of carbonyl (C=O) groups is 1. The Hall–Kier alpha value is -2.14. The molecule has 1 aromatic heterocycles. The molecule has 1 unspecified atom stereocenters. The lowest BCUT2D eigenvalue weighted by molar-refractivity contribution is -0.117. The fourth-order valence-corrected chi connectivity index (χ4v) is 2.67. The van der Waals surface area contributed by atoms with Crippen LogP contribution in [0, 0.1) is 12.8 Å². The first kappa shape index (κ1) is 17.7. The number of aromatic nitrogens is 2. The van der Waals surface area contributed by atoms with E-state index in [1.807, 2.05) is 39.0 Å². The van der Waals surface area contributed by atoms with E-state index in [4.69, 9.17) is 16.1 Å². The summed E-state index contributed by atoms with van der Waals surface area (Å²) >= 11 is 6.11. The summed E-state index contributed by atoms with van der Waals surface area (Å²) in [4.78, 5) is 16.7. The molecule has 1 amide bonds. The van der Waals surface area contributed by atoms with Gasteiger partial charge in [0.05, 0.1) is 0 Å². The summed E-state index contributed by atoms with van der Waals surface area (Å²) in [5.41, 5.74) is 1.88. The summed E-state index contributed by atoms with van der Waals surface area (Å²) in [6.45, 7) is 5.96. The zero-order chi connectivity index (χ0) is 18.0. The summed E-state index contributed by atoms with van der Waals surface area (Å²) in [7, 11) is 0. The normalized spacial score (nSPS) is 15.7. The van der Waals surface area contributed by atoms with Crippen LogP contribution in [-0.4, -0.2) is 16.0 Å². The molecule has 1 fully saturated rings. The number of hydrogen-bond donors (Lipinski definition) is 1. The molecule has 1 N–H and O–H groups in total. The molecule has 1 atom stereocenters. The third-order valence-corrected chi connectivity index (χ3v) is 4.66. The molecule has 1 aliphatic carbocycles. The summed E-state index contributed by atoms with van der Waals surface area (Å²) < 4.78 is 5.36. The topological polar surface area (TPSA) is 68.0 Å². The van der Waals surface area contributed by atoms with Crippen molar-refractivity contribution in [2.75, 3.05) is 0 Å². The maximum Gasteiger partial charge on any atom is 0.249 e. The molecule has 2 aromatic rings. The first-order valence-electron chi connectivity index (χ1n) is 8.52. The van der Waals surface area contributed by atoms with Crippen LogP contribution >= 0.6 is 11.6 Å². The molecule has 25 heavy (non-hydrogen) atoms. The first-order chi connectivity index (χ1) is 11.9. The fourth-order valence-electron chi connectivity index (χ4n) is 2.48. The second-order valence-corrected chi connectivity index (χ2v) is 7.24. The van der Waals surface area contributed by atoms with E-state index < -0.39 is 0 Å². The van der Waals surface area contributed by atoms with Crippen LogP contribution in [-0.2, 0) is 4.79 Å². The highest BCUT2D eigenvalue weighted by Gasteiger charge is 2.31. The van der Waals surface area contributed by atoms with E-state index >= 15 is 0 Å². The maximum absolute atomic E-state index is 12.3. The van der Waals surface area contributed by atoms with Gasteiger partial charge in [-0.15, -0.1) is 0 Å². The Morgan fingerprint density at radius 3 is 2.80 bits per heavy atom. The van der Waals surface area contributed by atoms with E-state index in [0.29, 0.717) is 16.8 Å². The van der Waals surface area contributed by atoms with Gasteiger partial charge in [-0.3, -0.25) is 4.79 Å². The van der Waals surface area contributed by atoms with Gasteiger partial charge in [-0.05, 0) is 49.0 Å². The monoisotopic (exact) mass is 359 g/mol. The molecular formula is C19H22ClN3O2. The van der Waals surface area contributed by atoms with E-state index in [9.17, 15) is 4.79 Å². The lowest BCUT2D eigenvalue weighted by Gasteiger charge is -2.17. The van der Waals surface area contributed by atoms with E-state index in [-0.39, 0.29) is 17.9 Å². The van der Waals surface area contributed by atoms with Crippen molar-refractivity contribution >= 4 is 23.6 Å². The number of halogens is 1. The van der Waals surface area contributed by atoms with E-state index in [1.165, 1.54) is 6.08 Å². The predicted molar refractivity (Wildman–Crippen MR) is 97.2 cm³/mol. The van der Waals surface area contributed by atoms with Crippen molar-refractivity contribution in [1.29, 1.82) is 0 Å². The third-order valence-electron chi connectivity index (χ3n) is 4.25. The quantitative estimate of drug-likeness (QED) is 0.774. The number of carbonyl (C=O) groups excluding carboxylic acids is 1. The summed E-state index contributed by atoms with van der Waals surface area (Å²) in [5, 5.41) is 7.66. The van der Waals surface area contributed by atoms with Gasteiger partial charge in [0.15, 0.2) is 5.82 Å². The van der Waals surface area contributed by atoms with Gasteiger partial charge in [-0.25, -0.2) is 0 Å². The second-order valence-electron chi connectivity index (χ2n) is 6.84. The highest BCUT2D eigenvalue weighted by molar-refractivity contribution is 6.31. The molecule has 0 aliphatic heterocycles. The summed E-state index contributed by atoms with van der Waals surface area (Å²) in [6.07, 6.45) is 5.45. The molecule has 6 heteroatoms. The van der Waals surface area contributed by atoms with Crippen LogP contribution in [0.2, 0.25) is 5.02 Å². The van der Waals surface area contributed by atoms with Crippen molar-refractivity contribution in [3.63, 3.8) is 0 Å². The number of aryl methyl sites for hydroxylation is 1. The molecule has 1 aliphatic rings. The molecule has 1 aromatic carbocycles. The molecule has 0 radical (unpaired) electrons. The molecule has 0 bridgehead atoms. The zero-order valence-electron chi connectivity index (χ0n) is 14.6. The number of rotatable bonds is 6. The minimum absolute atomic E-state index is 0.138. The number of nitrogens with zero attached hydrogens (tertiary/aromatic N) is 2. The Morgan fingerprint density at radius 2 is 2.16 bits per heavy atom. The van der Waals surface area contributed by atoms with Crippen LogP contribution < -0.4 is 5.32 Å². The van der Waals surface area contributed by atoms with E-state index in [2.05, 4.69) is 15.5 Å². The lowest BCUT2D eigenvalue weighted by Crippen LogP contribution is -2.30. The van der Waals surface area contributed by atoms with Crippen molar-refractivity contribution in [3.05, 3.63) is 52.1 Å². The molecule has 5 nitrogen and oxygen atoms in total. The van der Waals surface area contributed by atoms with Crippen molar-refractivity contribution in [2.45, 2.75) is 45.6 Å². The van der Waals surface area contributed by atoms with Gasteiger partial charge in [0, 0.05) is 17.0 Å². The number of hydrogen-bond acceptors (Lipinski definition) is 4. The van der Waals surface area contributed by atoms with Gasteiger partial charge in [0.25, 0.3) is 0 Å². The molecule has 0 spiro atoms. The minimum Gasteiger partial charge on any atom is -0.340 e. The average molecular weight is 360 g/mol. The van der Waals surface area contributed by atoms with Gasteiger partial charge in [0.2, 0.25) is 11.8 Å². The molecule has 132 valence electrons. The van der Waals surface area contributed by atoms with Crippen molar-refractivity contribution in [2.24, 2.45) is 5.92 Å². The summed E-state index contributed by atoms with van der Waals surface area (Å²) in [5.74, 6) is 1.57. The number of nitrogens with one attached hydrogen (secondary N) is 1. The number of amides is 1. The van der Waals surface area contributed by atoms with Crippen LogP contribution in [0.25, 0.3) is 6.08 Å². The van der Waals surface area contributed by atoms with Gasteiger partial charge in [-0.1, -0.05) is 42.7 Å². The Labute approximate surface area is 152 Å². The van der Waals surface area contributed by atoms with Gasteiger partial charge < -0.3 is 9.84 Å². The smallest absolute Gasteiger partial charge is 0.249 e. The predicted octanol–water partition coefficient (Wildman–Crippen LogP) is 4.44. The third kappa shape index (κ3) is 4.48. The maximum atomic E-state index is 12.3. The Morgan fingerprint density at radius 1 is 1.40 bits per heavy atom. The molecule has 3 rings (SSSR count). The second kappa shape index (κ2) is 7.40. The average Bonchev–Trinajstić information content (AvgIpc) is 3.31. The largest absolute Gasteiger partial charge is 0.340 e. The van der Waals surface area contributed by atoms with E-state index in [1.54, 1.807) is 6.08 Å². The Balaban J connectivity index is 1.67. The standard InChI is InChI=1S/C19H22ClN3O2/c1-11(2)17(19-22-18(23-25-19)14-7-8-14)21-16(24)9-6-13-5-4-12(3)15(20)10-13/h4-6,9-11,14,17H,7-8H2,1-3H3,(H,21,24)/b9-6+. The van der Waals surface area contributed by atoms with Gasteiger partial charge >= 0.3 is 0 Å². The molecule has 0 saturated heterocycles. The summed E-state index contributed by atoms with van der Waals surface area (Å²) in [6, 6.07) is 5.37. The zero-order valence-corrected chi connectivity index (χ0v) is 15.4. The highest BCUT2D eigenvalue weighted by Crippen LogP contribution is 2.38. The lowest BCUT2D eigenvalue weighted by atomic mass is 10.0. The fraction of sp³-hybridized carbons (Fsp3) is 0.421. The molecular weight excluding hydrogens is 338 g/mol. The van der Waals surface area contributed by atoms with Crippen LogP contribution in [0.3, 0.4) is 0 Å². The minimum atomic E-state index is -0.307. The SMILES string of the molecule is Cc1ccc(/C=C/C(=O)NC(c2nc(C3CC3)no2)C(C)C)cc1Cl. The molecule has 1 heterocycles. The van der Waals surface area contributed by atoms with Crippen LogP contribution in [0.5, 0.6) is 0 Å². The first-order valence-corrected chi connectivity index (χ1v) is 8.90. The van der Waals surface area contributed by atoms with Crippen LogP contribution in [0.1, 0.15) is 61.5 Å². The van der Waals surface area contributed by atoms with Crippen molar-refractivity contribution in [3.8, 4) is 0 Å². The highest BCUT2D eigenvalue weighted by atomic mass is 35.5. The van der Waals surface area contributed by atoms with Crippen molar-refractivity contribution in [1.82, 2.24) is 15.5 Å². The van der Waals surface area contributed by atoms with E-state index in [0.717, 1.165) is 29.8 Å². The van der Waals surface area contributed by atoms with Crippen molar-refractivity contribution < 1.29 is 9.32 Å². The van der Waals surface area contributed by atoms with Gasteiger partial charge in [-0.2, -0.15) is 4.98 Å². The Bertz CT molecular complexity index is 794. The molecule has 1 saturated carbocycles. The van der Waals surface area contributed by atoms with Crippen LogP contribution in [0.4, 0.5) is 0 Å². The van der Waals surface area contributed by atoms with Gasteiger partial charge in [0.1, 0.15) is 6.04 Å². The Kier molecular flexibility index (Phi) is 5.23. The number of benzene rings is 1.